The standard InChI is InChI=1S/C21H19N7O4/c1-30-12-6-4-5-11(9-12)17-16-18(20(29)24-23-17)22-21-25-26-27-28(21)19(16)14-10-13(31-2)7-8-15(14)32-3/h4-10,19H,1-3H3,(H,24,29)(H,22,25,27)/t19-/m0/s1. The third-order valence-corrected chi connectivity index (χ3v) is 5.34. The number of aromatic nitrogens is 6. The molecule has 0 radical (unpaired) electrons. The molecule has 3 heterocycles. The number of H-pyrrole nitrogens is 1. The minimum absolute atomic E-state index is 0.301. The van der Waals surface area contributed by atoms with E-state index in [1.54, 1.807) is 38.1 Å². The van der Waals surface area contributed by atoms with E-state index in [1.165, 1.54) is 0 Å². The molecular formula is C21H19N7O4. The number of fused-ring (bicyclic) bond motifs is 2. The van der Waals surface area contributed by atoms with Crippen LogP contribution in [0.15, 0.2) is 47.3 Å². The highest BCUT2D eigenvalue weighted by molar-refractivity contribution is 5.76. The Balaban J connectivity index is 1.84. The third-order valence-electron chi connectivity index (χ3n) is 5.34. The summed E-state index contributed by atoms with van der Waals surface area (Å²) >= 11 is 0. The van der Waals surface area contributed by atoms with Gasteiger partial charge in [-0.25, -0.2) is 5.10 Å². The van der Waals surface area contributed by atoms with Gasteiger partial charge in [-0.1, -0.05) is 17.2 Å². The molecule has 0 unspecified atom stereocenters. The van der Waals surface area contributed by atoms with Crippen LogP contribution in [-0.4, -0.2) is 51.7 Å². The molecule has 0 bridgehead atoms. The molecule has 0 fully saturated rings. The zero-order valence-corrected chi connectivity index (χ0v) is 17.5. The van der Waals surface area contributed by atoms with E-state index in [2.05, 4.69) is 31.0 Å². The van der Waals surface area contributed by atoms with E-state index >= 15 is 0 Å². The molecule has 11 nitrogen and oxygen atoms in total. The molecule has 0 aliphatic carbocycles. The molecule has 11 heteroatoms. The number of hydrogen-bond acceptors (Lipinski definition) is 9. The smallest absolute Gasteiger partial charge is 0.288 e. The van der Waals surface area contributed by atoms with Crippen molar-refractivity contribution in [2.45, 2.75) is 6.04 Å². The second kappa shape index (κ2) is 7.69. The van der Waals surface area contributed by atoms with Crippen LogP contribution in [-0.2, 0) is 0 Å². The minimum atomic E-state index is -0.614. The van der Waals surface area contributed by atoms with Gasteiger partial charge in [-0.05, 0) is 40.8 Å². The molecule has 0 amide bonds. The number of tetrazole rings is 1. The maximum atomic E-state index is 12.8. The fraction of sp³-hybridized carbons (Fsp3) is 0.190. The van der Waals surface area contributed by atoms with Gasteiger partial charge in [-0.15, -0.1) is 0 Å². The van der Waals surface area contributed by atoms with Gasteiger partial charge in [-0.3, -0.25) is 4.79 Å². The van der Waals surface area contributed by atoms with Gasteiger partial charge < -0.3 is 19.5 Å². The predicted molar refractivity (Wildman–Crippen MR) is 115 cm³/mol. The van der Waals surface area contributed by atoms with Crippen LogP contribution in [0, 0.1) is 0 Å². The Labute approximate surface area is 181 Å². The van der Waals surface area contributed by atoms with Gasteiger partial charge in [0.15, 0.2) is 0 Å². The van der Waals surface area contributed by atoms with Gasteiger partial charge >= 0.3 is 0 Å². The first-order valence-electron chi connectivity index (χ1n) is 9.68. The monoisotopic (exact) mass is 433 g/mol. The number of anilines is 2. The lowest BCUT2D eigenvalue weighted by Crippen LogP contribution is -2.29. The van der Waals surface area contributed by atoms with E-state index in [1.807, 2.05) is 30.3 Å². The van der Waals surface area contributed by atoms with Gasteiger partial charge in [-0.2, -0.15) is 9.78 Å². The summed E-state index contributed by atoms with van der Waals surface area (Å²) in [6, 6.07) is 12.2. The quantitative estimate of drug-likeness (QED) is 0.428. The zero-order chi connectivity index (χ0) is 22.2. The Morgan fingerprint density at radius 2 is 1.81 bits per heavy atom. The minimum Gasteiger partial charge on any atom is -0.497 e. The van der Waals surface area contributed by atoms with Crippen LogP contribution in [0.2, 0.25) is 0 Å². The van der Waals surface area contributed by atoms with Crippen LogP contribution in [0.3, 0.4) is 0 Å². The van der Waals surface area contributed by atoms with Crippen LogP contribution in [0.5, 0.6) is 17.2 Å². The van der Waals surface area contributed by atoms with E-state index in [9.17, 15) is 4.79 Å². The summed E-state index contributed by atoms with van der Waals surface area (Å²) < 4.78 is 18.0. The SMILES string of the molecule is COc1cccc(-c2n[nH]c(=O)c3c2[C@H](c2cc(OC)ccc2OC)n2nnnc2N3)c1. The fourth-order valence-corrected chi connectivity index (χ4v) is 3.87. The fourth-order valence-electron chi connectivity index (χ4n) is 3.87. The third kappa shape index (κ3) is 3.02. The second-order valence-electron chi connectivity index (χ2n) is 7.00. The van der Waals surface area contributed by atoms with Gasteiger partial charge in [0.25, 0.3) is 5.56 Å². The van der Waals surface area contributed by atoms with Crippen LogP contribution < -0.4 is 25.1 Å². The first-order chi connectivity index (χ1) is 15.6. The van der Waals surface area contributed by atoms with E-state index in [4.69, 9.17) is 14.2 Å². The van der Waals surface area contributed by atoms with E-state index in [-0.39, 0.29) is 0 Å². The summed E-state index contributed by atoms with van der Waals surface area (Å²) in [6.45, 7) is 0. The van der Waals surface area contributed by atoms with Crippen molar-refractivity contribution in [3.63, 3.8) is 0 Å². The second-order valence-corrected chi connectivity index (χ2v) is 7.00. The molecular weight excluding hydrogens is 414 g/mol. The highest BCUT2D eigenvalue weighted by Gasteiger charge is 2.36. The number of ether oxygens (including phenoxy) is 3. The number of rotatable bonds is 5. The van der Waals surface area contributed by atoms with Gasteiger partial charge in [0.2, 0.25) is 5.95 Å². The molecule has 2 aromatic heterocycles. The molecule has 0 saturated carbocycles. The summed E-state index contributed by atoms with van der Waals surface area (Å²) in [5.41, 5.74) is 2.50. The molecule has 1 aliphatic heterocycles. The van der Waals surface area contributed by atoms with Crippen molar-refractivity contribution in [2.75, 3.05) is 26.6 Å². The van der Waals surface area contributed by atoms with Crippen LogP contribution in [0.1, 0.15) is 17.2 Å². The molecule has 1 aliphatic rings. The van der Waals surface area contributed by atoms with Crippen molar-refractivity contribution in [1.82, 2.24) is 30.4 Å². The van der Waals surface area contributed by atoms with Crippen LogP contribution in [0.25, 0.3) is 11.3 Å². The lowest BCUT2D eigenvalue weighted by molar-refractivity contribution is 0.392. The van der Waals surface area contributed by atoms with E-state index in [0.29, 0.717) is 45.7 Å². The van der Waals surface area contributed by atoms with Crippen LogP contribution >= 0.6 is 0 Å². The summed E-state index contributed by atoms with van der Waals surface area (Å²) in [7, 11) is 4.75. The number of methoxy groups -OCH3 is 3. The summed E-state index contributed by atoms with van der Waals surface area (Å²) in [5, 5.41) is 22.0. The average Bonchev–Trinajstić information content (AvgIpc) is 3.31. The summed E-state index contributed by atoms with van der Waals surface area (Å²) in [5.74, 6) is 2.19. The lowest BCUT2D eigenvalue weighted by atomic mass is 9.91. The molecule has 2 aromatic carbocycles. The van der Waals surface area contributed by atoms with Crippen molar-refractivity contribution in [2.24, 2.45) is 0 Å². The molecule has 0 saturated heterocycles. The van der Waals surface area contributed by atoms with Gasteiger partial charge in [0.05, 0.1) is 27.0 Å². The number of aromatic amines is 1. The summed E-state index contributed by atoms with van der Waals surface area (Å²) in [4.78, 5) is 12.8. The Kier molecular flexibility index (Phi) is 4.70. The normalized spacial score (nSPS) is 14.2. The first kappa shape index (κ1) is 19.5. The van der Waals surface area contributed by atoms with Crippen LogP contribution in [0.4, 0.5) is 11.6 Å². The molecule has 1 atom stereocenters. The van der Waals surface area contributed by atoms with Gasteiger partial charge in [0.1, 0.15) is 29.0 Å². The molecule has 5 rings (SSSR count). The number of benzene rings is 2. The maximum Gasteiger partial charge on any atom is 0.288 e. The summed E-state index contributed by atoms with van der Waals surface area (Å²) in [6.07, 6.45) is 0. The topological polar surface area (TPSA) is 129 Å². The Bertz CT molecular complexity index is 1360. The number of hydrogen-bond donors (Lipinski definition) is 2. The Morgan fingerprint density at radius 1 is 1.00 bits per heavy atom. The van der Waals surface area contributed by atoms with Crippen molar-refractivity contribution in [1.29, 1.82) is 0 Å². The predicted octanol–water partition coefficient (Wildman–Crippen LogP) is 2.14. The largest absolute Gasteiger partial charge is 0.497 e. The molecule has 32 heavy (non-hydrogen) atoms. The molecule has 0 spiro atoms. The molecule has 4 aromatic rings. The van der Waals surface area contributed by atoms with Crippen molar-refractivity contribution in [3.8, 4) is 28.5 Å². The average molecular weight is 433 g/mol. The van der Waals surface area contributed by atoms with E-state index in [0.717, 1.165) is 5.56 Å². The highest BCUT2D eigenvalue weighted by Crippen LogP contribution is 2.44. The number of nitrogens with one attached hydrogen (secondary N) is 2. The van der Waals surface area contributed by atoms with E-state index < -0.39 is 11.6 Å². The molecule has 162 valence electrons. The number of nitrogens with zero attached hydrogens (tertiary/aromatic N) is 5. The van der Waals surface area contributed by atoms with Crippen molar-refractivity contribution < 1.29 is 14.2 Å². The molecule has 2 N–H and O–H groups in total. The van der Waals surface area contributed by atoms with Crippen molar-refractivity contribution >= 4 is 11.6 Å². The Morgan fingerprint density at radius 3 is 2.59 bits per heavy atom. The van der Waals surface area contributed by atoms with Gasteiger partial charge in [0, 0.05) is 16.7 Å². The lowest BCUT2D eigenvalue weighted by Gasteiger charge is -2.29. The highest BCUT2D eigenvalue weighted by atomic mass is 16.5. The van der Waals surface area contributed by atoms with Crippen molar-refractivity contribution in [3.05, 3.63) is 63.9 Å². The maximum absolute atomic E-state index is 12.8. The first-order valence-corrected chi connectivity index (χ1v) is 9.68. The zero-order valence-electron chi connectivity index (χ0n) is 17.5. The Hall–Kier alpha value is -4.41.